The average Bonchev–Trinajstić information content (AvgIpc) is 2.85. The Labute approximate surface area is 119 Å². The standard InChI is InChI=1S/C13H11ClO4S/c14-9-3-1-2-4-10(9)17-7-8-19-12-6-5-11(18-12)13(15)16/h1-6H,7-8H2,(H,15,16). The van der Waals surface area contributed by atoms with Crippen molar-refractivity contribution in [3.63, 3.8) is 0 Å². The van der Waals surface area contributed by atoms with Crippen LogP contribution in [-0.2, 0) is 0 Å². The number of benzene rings is 1. The van der Waals surface area contributed by atoms with Crippen LogP contribution in [0.15, 0.2) is 45.9 Å². The number of hydrogen-bond donors (Lipinski definition) is 1. The maximum Gasteiger partial charge on any atom is 0.371 e. The van der Waals surface area contributed by atoms with Gasteiger partial charge in [-0.25, -0.2) is 4.79 Å². The number of hydrogen-bond acceptors (Lipinski definition) is 4. The second kappa shape index (κ2) is 6.54. The van der Waals surface area contributed by atoms with Crippen molar-refractivity contribution in [3.05, 3.63) is 47.2 Å². The minimum Gasteiger partial charge on any atom is -0.491 e. The molecule has 0 radical (unpaired) electrons. The van der Waals surface area contributed by atoms with Gasteiger partial charge in [0.05, 0.1) is 11.6 Å². The van der Waals surface area contributed by atoms with Gasteiger partial charge in [0.2, 0.25) is 5.76 Å². The summed E-state index contributed by atoms with van der Waals surface area (Å²) in [6, 6.07) is 10.3. The zero-order valence-electron chi connectivity index (χ0n) is 9.84. The number of rotatable bonds is 6. The number of carbonyl (C=O) groups is 1. The predicted molar refractivity (Wildman–Crippen MR) is 73.3 cm³/mol. The molecule has 4 nitrogen and oxygen atoms in total. The molecule has 2 rings (SSSR count). The number of ether oxygens (including phenoxy) is 1. The fraction of sp³-hybridized carbons (Fsp3) is 0.154. The number of aromatic carboxylic acids is 1. The number of carboxylic acids is 1. The van der Waals surface area contributed by atoms with Crippen LogP contribution in [-0.4, -0.2) is 23.4 Å². The Bertz CT molecular complexity index is 567. The summed E-state index contributed by atoms with van der Waals surface area (Å²) in [5.41, 5.74) is 0. The van der Waals surface area contributed by atoms with Crippen molar-refractivity contribution >= 4 is 29.3 Å². The molecule has 0 amide bonds. The largest absolute Gasteiger partial charge is 0.491 e. The zero-order chi connectivity index (χ0) is 13.7. The highest BCUT2D eigenvalue weighted by Gasteiger charge is 2.09. The minimum absolute atomic E-state index is 0.0606. The van der Waals surface area contributed by atoms with Crippen LogP contribution in [0, 0.1) is 0 Å². The molecule has 0 bridgehead atoms. The lowest BCUT2D eigenvalue weighted by Crippen LogP contribution is -2.00. The Morgan fingerprint density at radius 1 is 1.32 bits per heavy atom. The Balaban J connectivity index is 1.77. The van der Waals surface area contributed by atoms with Gasteiger partial charge in [-0.1, -0.05) is 35.5 Å². The van der Waals surface area contributed by atoms with E-state index in [9.17, 15) is 4.79 Å². The monoisotopic (exact) mass is 298 g/mol. The fourth-order valence-electron chi connectivity index (χ4n) is 1.37. The Hall–Kier alpha value is -1.59. The van der Waals surface area contributed by atoms with Crippen molar-refractivity contribution in [2.45, 2.75) is 5.09 Å². The van der Waals surface area contributed by atoms with E-state index >= 15 is 0 Å². The van der Waals surface area contributed by atoms with E-state index in [4.69, 9.17) is 25.9 Å². The Morgan fingerprint density at radius 2 is 2.11 bits per heavy atom. The van der Waals surface area contributed by atoms with Gasteiger partial charge in [0.15, 0.2) is 5.09 Å². The molecule has 19 heavy (non-hydrogen) atoms. The summed E-state index contributed by atoms with van der Waals surface area (Å²) >= 11 is 7.33. The highest BCUT2D eigenvalue weighted by atomic mass is 35.5. The number of halogens is 1. The van der Waals surface area contributed by atoms with Gasteiger partial charge in [-0.3, -0.25) is 0 Å². The minimum atomic E-state index is -1.07. The molecule has 1 aromatic heterocycles. The van der Waals surface area contributed by atoms with Crippen molar-refractivity contribution in [2.24, 2.45) is 0 Å². The van der Waals surface area contributed by atoms with Crippen LogP contribution < -0.4 is 4.74 Å². The second-order valence-corrected chi connectivity index (χ2v) is 5.06. The van der Waals surface area contributed by atoms with Crippen molar-refractivity contribution in [3.8, 4) is 5.75 Å². The first-order chi connectivity index (χ1) is 9.16. The molecular formula is C13H11ClO4S. The van der Waals surface area contributed by atoms with Crippen LogP contribution in [0.4, 0.5) is 0 Å². The molecule has 0 aliphatic carbocycles. The van der Waals surface area contributed by atoms with Gasteiger partial charge in [0.1, 0.15) is 5.75 Å². The predicted octanol–water partition coefficient (Wildman–Crippen LogP) is 3.80. The van der Waals surface area contributed by atoms with E-state index in [0.717, 1.165) is 0 Å². The Morgan fingerprint density at radius 3 is 2.79 bits per heavy atom. The highest BCUT2D eigenvalue weighted by Crippen LogP contribution is 2.24. The van der Waals surface area contributed by atoms with Crippen molar-refractivity contribution in [2.75, 3.05) is 12.4 Å². The molecule has 0 fully saturated rings. The molecule has 0 saturated heterocycles. The fourth-order valence-corrected chi connectivity index (χ4v) is 2.24. The van der Waals surface area contributed by atoms with E-state index in [-0.39, 0.29) is 5.76 Å². The van der Waals surface area contributed by atoms with Crippen molar-refractivity contribution in [1.82, 2.24) is 0 Å². The molecular weight excluding hydrogens is 288 g/mol. The summed E-state index contributed by atoms with van der Waals surface area (Å²) in [5.74, 6) is 0.141. The average molecular weight is 299 g/mol. The van der Waals surface area contributed by atoms with Crippen molar-refractivity contribution in [1.29, 1.82) is 0 Å². The van der Waals surface area contributed by atoms with E-state index < -0.39 is 5.97 Å². The molecule has 1 N–H and O–H groups in total. The third kappa shape index (κ3) is 3.94. The smallest absolute Gasteiger partial charge is 0.371 e. The van der Waals surface area contributed by atoms with E-state index in [2.05, 4.69) is 0 Å². The first-order valence-corrected chi connectivity index (χ1v) is 6.86. The van der Waals surface area contributed by atoms with Crippen LogP contribution in [0.1, 0.15) is 10.6 Å². The molecule has 0 spiro atoms. The maximum absolute atomic E-state index is 10.6. The normalized spacial score (nSPS) is 10.4. The number of thioether (sulfide) groups is 1. The number of carboxylic acid groups (broad SMARTS) is 1. The van der Waals surface area contributed by atoms with Crippen LogP contribution in [0.25, 0.3) is 0 Å². The van der Waals surface area contributed by atoms with E-state index in [1.165, 1.54) is 17.8 Å². The quantitative estimate of drug-likeness (QED) is 0.649. The molecule has 1 aromatic carbocycles. The van der Waals surface area contributed by atoms with Gasteiger partial charge in [-0.05, 0) is 24.3 Å². The molecule has 1 heterocycles. The molecule has 6 heteroatoms. The molecule has 0 aliphatic rings. The van der Waals surface area contributed by atoms with Gasteiger partial charge in [-0.15, -0.1) is 0 Å². The molecule has 0 unspecified atom stereocenters. The van der Waals surface area contributed by atoms with Gasteiger partial charge >= 0.3 is 5.97 Å². The molecule has 0 saturated carbocycles. The van der Waals surface area contributed by atoms with E-state index in [1.54, 1.807) is 18.2 Å². The summed E-state index contributed by atoms with van der Waals surface area (Å²) in [5, 5.41) is 9.83. The molecule has 0 atom stereocenters. The molecule has 0 aliphatic heterocycles. The molecule has 100 valence electrons. The zero-order valence-corrected chi connectivity index (χ0v) is 11.4. The maximum atomic E-state index is 10.6. The topological polar surface area (TPSA) is 59.7 Å². The SMILES string of the molecule is O=C(O)c1ccc(SCCOc2ccccc2Cl)o1. The van der Waals surface area contributed by atoms with Crippen LogP contribution >= 0.6 is 23.4 Å². The Kier molecular flexibility index (Phi) is 4.76. The summed E-state index contributed by atoms with van der Waals surface area (Å²) in [7, 11) is 0. The third-order valence-corrected chi connectivity index (χ3v) is 3.40. The lowest BCUT2D eigenvalue weighted by Gasteiger charge is -2.06. The van der Waals surface area contributed by atoms with Crippen LogP contribution in [0.2, 0.25) is 5.02 Å². The number of para-hydroxylation sites is 1. The highest BCUT2D eigenvalue weighted by molar-refractivity contribution is 7.99. The molecule has 2 aromatic rings. The lowest BCUT2D eigenvalue weighted by atomic mass is 10.3. The number of furan rings is 1. The second-order valence-electron chi connectivity index (χ2n) is 3.55. The van der Waals surface area contributed by atoms with Gasteiger partial charge in [0.25, 0.3) is 0 Å². The van der Waals surface area contributed by atoms with Crippen molar-refractivity contribution < 1.29 is 19.1 Å². The summed E-state index contributed by atoms with van der Waals surface area (Å²) in [4.78, 5) is 10.6. The van der Waals surface area contributed by atoms with Crippen LogP contribution in [0.3, 0.4) is 0 Å². The summed E-state index contributed by atoms with van der Waals surface area (Å²) in [6.45, 7) is 0.456. The van der Waals surface area contributed by atoms with Gasteiger partial charge in [-0.2, -0.15) is 0 Å². The van der Waals surface area contributed by atoms with E-state index in [1.807, 2.05) is 12.1 Å². The summed E-state index contributed by atoms with van der Waals surface area (Å²) in [6.07, 6.45) is 0. The lowest BCUT2D eigenvalue weighted by molar-refractivity contribution is 0.0656. The van der Waals surface area contributed by atoms with E-state index in [0.29, 0.717) is 28.2 Å². The van der Waals surface area contributed by atoms with Gasteiger partial charge in [0, 0.05) is 5.75 Å². The first kappa shape index (κ1) is 13.8. The van der Waals surface area contributed by atoms with Gasteiger partial charge < -0.3 is 14.3 Å². The first-order valence-electron chi connectivity index (χ1n) is 5.50. The summed E-state index contributed by atoms with van der Waals surface area (Å²) < 4.78 is 10.6. The third-order valence-electron chi connectivity index (χ3n) is 2.21. The van der Waals surface area contributed by atoms with Crippen LogP contribution in [0.5, 0.6) is 5.75 Å².